The van der Waals surface area contributed by atoms with Crippen LogP contribution in [0.3, 0.4) is 0 Å². The molecule has 2 heterocycles. The number of amides is 1. The highest BCUT2D eigenvalue weighted by Crippen LogP contribution is 2.19. The van der Waals surface area contributed by atoms with Gasteiger partial charge >= 0.3 is 5.97 Å². The third kappa shape index (κ3) is 4.40. The molecular weight excluding hydrogens is 301 g/mol. The van der Waals surface area contributed by atoms with E-state index in [1.54, 1.807) is 18.9 Å². The van der Waals surface area contributed by atoms with Crippen LogP contribution in [-0.4, -0.2) is 55.0 Å². The summed E-state index contributed by atoms with van der Waals surface area (Å²) in [6.45, 7) is 3.08. The van der Waals surface area contributed by atoms with Crippen molar-refractivity contribution in [1.29, 1.82) is 0 Å². The number of ether oxygens (including phenoxy) is 1. The molecule has 126 valence electrons. The molecule has 0 radical (unpaired) electrons. The summed E-state index contributed by atoms with van der Waals surface area (Å²) in [6, 6.07) is 2.81. The van der Waals surface area contributed by atoms with Crippen LogP contribution in [-0.2, 0) is 14.3 Å². The lowest BCUT2D eigenvalue weighted by atomic mass is 9.98. The molecule has 0 bridgehead atoms. The van der Waals surface area contributed by atoms with Gasteiger partial charge in [0.2, 0.25) is 5.91 Å². The van der Waals surface area contributed by atoms with E-state index in [1.807, 2.05) is 0 Å². The first-order valence-corrected chi connectivity index (χ1v) is 7.79. The van der Waals surface area contributed by atoms with Crippen molar-refractivity contribution in [2.24, 2.45) is 5.92 Å². The third-order valence-electron chi connectivity index (χ3n) is 3.87. The van der Waals surface area contributed by atoms with E-state index < -0.39 is 5.82 Å². The van der Waals surface area contributed by atoms with Crippen molar-refractivity contribution < 1.29 is 18.7 Å². The number of pyridine rings is 1. The Kier molecular flexibility index (Phi) is 5.90. The molecule has 1 amide bonds. The van der Waals surface area contributed by atoms with Gasteiger partial charge in [-0.2, -0.15) is 0 Å². The maximum Gasteiger partial charge on any atom is 0.310 e. The van der Waals surface area contributed by atoms with E-state index in [1.165, 1.54) is 23.2 Å². The molecule has 2 rings (SSSR count). The van der Waals surface area contributed by atoms with Crippen molar-refractivity contribution >= 4 is 17.7 Å². The number of anilines is 1. The quantitative estimate of drug-likeness (QED) is 0.768. The molecule has 1 aromatic rings. The second kappa shape index (κ2) is 7.89. The van der Waals surface area contributed by atoms with Crippen LogP contribution in [0, 0.1) is 11.7 Å². The van der Waals surface area contributed by atoms with Crippen molar-refractivity contribution in [1.82, 2.24) is 9.88 Å². The molecular formula is C16H22FN3O3. The highest BCUT2D eigenvalue weighted by molar-refractivity contribution is 5.82. The first kappa shape index (κ1) is 17.2. The molecule has 1 atom stereocenters. The number of esters is 1. The Balaban J connectivity index is 1.95. The molecule has 0 aromatic carbocycles. The number of rotatable bonds is 5. The van der Waals surface area contributed by atoms with Gasteiger partial charge in [0.25, 0.3) is 0 Å². The van der Waals surface area contributed by atoms with Crippen molar-refractivity contribution in [2.45, 2.75) is 19.8 Å². The highest BCUT2D eigenvalue weighted by Gasteiger charge is 2.29. The van der Waals surface area contributed by atoms with Gasteiger partial charge in [-0.1, -0.05) is 0 Å². The van der Waals surface area contributed by atoms with Crippen LogP contribution in [0.2, 0.25) is 0 Å². The molecule has 0 unspecified atom stereocenters. The maximum absolute atomic E-state index is 13.7. The van der Waals surface area contributed by atoms with Crippen molar-refractivity contribution in [3.63, 3.8) is 0 Å². The van der Waals surface area contributed by atoms with E-state index in [4.69, 9.17) is 4.74 Å². The Bertz CT molecular complexity index is 567. The van der Waals surface area contributed by atoms with Gasteiger partial charge in [-0.3, -0.25) is 9.59 Å². The molecule has 0 saturated carbocycles. The Morgan fingerprint density at radius 3 is 3.00 bits per heavy atom. The van der Waals surface area contributed by atoms with E-state index in [9.17, 15) is 14.0 Å². The van der Waals surface area contributed by atoms with E-state index >= 15 is 0 Å². The van der Waals surface area contributed by atoms with Gasteiger partial charge in [0.1, 0.15) is 0 Å². The van der Waals surface area contributed by atoms with Crippen LogP contribution in [0.5, 0.6) is 0 Å². The summed E-state index contributed by atoms with van der Waals surface area (Å²) in [5.74, 6) is -1.00. The van der Waals surface area contributed by atoms with Crippen molar-refractivity contribution in [3.05, 3.63) is 24.1 Å². The maximum atomic E-state index is 13.7. The molecule has 7 heteroatoms. The first-order valence-electron chi connectivity index (χ1n) is 7.79. The van der Waals surface area contributed by atoms with Gasteiger partial charge in [-0.15, -0.1) is 0 Å². The number of piperidine rings is 1. The molecule has 1 aromatic heterocycles. The molecule has 0 aliphatic carbocycles. The molecule has 1 aliphatic rings. The van der Waals surface area contributed by atoms with Crippen LogP contribution >= 0.6 is 0 Å². The van der Waals surface area contributed by atoms with Crippen LogP contribution in [0.4, 0.5) is 10.2 Å². The second-order valence-corrected chi connectivity index (χ2v) is 5.60. The van der Waals surface area contributed by atoms with Crippen LogP contribution in [0.15, 0.2) is 18.3 Å². The number of hydrogen-bond donors (Lipinski definition) is 0. The number of carbonyl (C=O) groups is 2. The van der Waals surface area contributed by atoms with Gasteiger partial charge in [0.05, 0.1) is 19.1 Å². The summed E-state index contributed by atoms with van der Waals surface area (Å²) in [7, 11) is 1.62. The molecule has 0 spiro atoms. The summed E-state index contributed by atoms with van der Waals surface area (Å²) in [4.78, 5) is 31.3. The average Bonchev–Trinajstić information content (AvgIpc) is 2.55. The van der Waals surface area contributed by atoms with E-state index in [0.717, 1.165) is 12.8 Å². The molecule has 1 fully saturated rings. The highest BCUT2D eigenvalue weighted by atomic mass is 19.1. The van der Waals surface area contributed by atoms with Gasteiger partial charge in [0, 0.05) is 26.3 Å². The van der Waals surface area contributed by atoms with Crippen molar-refractivity contribution in [3.8, 4) is 0 Å². The number of carbonyl (C=O) groups excluding carboxylic acids is 2. The zero-order valence-corrected chi connectivity index (χ0v) is 13.5. The molecule has 23 heavy (non-hydrogen) atoms. The summed E-state index contributed by atoms with van der Waals surface area (Å²) in [6.07, 6.45) is 2.97. The van der Waals surface area contributed by atoms with E-state index in [2.05, 4.69) is 4.98 Å². The number of hydrogen-bond acceptors (Lipinski definition) is 5. The fourth-order valence-corrected chi connectivity index (χ4v) is 2.69. The van der Waals surface area contributed by atoms with Gasteiger partial charge in [-0.05, 0) is 31.9 Å². The SMILES string of the molecule is CCOC(=O)[C@H]1CCCN(C(=O)CN(C)c2ncccc2F)C1. The van der Waals surface area contributed by atoms with Crippen LogP contribution in [0.25, 0.3) is 0 Å². The molecule has 6 nitrogen and oxygen atoms in total. The fraction of sp³-hybridized carbons (Fsp3) is 0.562. The monoisotopic (exact) mass is 323 g/mol. The largest absolute Gasteiger partial charge is 0.466 e. The van der Waals surface area contributed by atoms with Gasteiger partial charge in [-0.25, -0.2) is 9.37 Å². The minimum atomic E-state index is -0.467. The number of aromatic nitrogens is 1. The molecule has 0 N–H and O–H groups in total. The Hall–Kier alpha value is -2.18. The van der Waals surface area contributed by atoms with E-state index in [0.29, 0.717) is 19.7 Å². The van der Waals surface area contributed by atoms with Crippen LogP contribution in [0.1, 0.15) is 19.8 Å². The standard InChI is InChI=1S/C16H22FN3O3/c1-3-23-16(22)12-6-5-9-20(10-12)14(21)11-19(2)15-13(17)7-4-8-18-15/h4,7-8,12H,3,5-6,9-11H2,1-2H3/t12-/m0/s1. The topological polar surface area (TPSA) is 62.7 Å². The summed E-state index contributed by atoms with van der Waals surface area (Å²) < 4.78 is 18.7. The lowest BCUT2D eigenvalue weighted by molar-refractivity contribution is -0.151. The smallest absolute Gasteiger partial charge is 0.310 e. The Morgan fingerprint density at radius 1 is 1.52 bits per heavy atom. The minimum Gasteiger partial charge on any atom is -0.466 e. The van der Waals surface area contributed by atoms with E-state index in [-0.39, 0.29) is 30.2 Å². The average molecular weight is 323 g/mol. The number of halogens is 1. The van der Waals surface area contributed by atoms with Gasteiger partial charge in [0.15, 0.2) is 11.6 Å². The third-order valence-corrected chi connectivity index (χ3v) is 3.87. The Labute approximate surface area is 135 Å². The summed E-state index contributed by atoms with van der Waals surface area (Å²) in [5, 5.41) is 0. The number of likely N-dealkylation sites (N-methyl/N-ethyl adjacent to an activating group) is 1. The number of nitrogens with zero attached hydrogens (tertiary/aromatic N) is 3. The second-order valence-electron chi connectivity index (χ2n) is 5.60. The van der Waals surface area contributed by atoms with Crippen LogP contribution < -0.4 is 4.90 Å². The predicted octanol–water partition coefficient (Wildman–Crippen LogP) is 1.46. The lowest BCUT2D eigenvalue weighted by Gasteiger charge is -2.32. The lowest BCUT2D eigenvalue weighted by Crippen LogP contribution is -2.46. The molecule has 1 aliphatic heterocycles. The number of likely N-dealkylation sites (tertiary alicyclic amines) is 1. The predicted molar refractivity (Wildman–Crippen MR) is 83.4 cm³/mol. The molecule has 1 saturated heterocycles. The van der Waals surface area contributed by atoms with Crippen molar-refractivity contribution in [2.75, 3.05) is 38.2 Å². The zero-order valence-electron chi connectivity index (χ0n) is 13.5. The first-order chi connectivity index (χ1) is 11.0. The van der Waals surface area contributed by atoms with Gasteiger partial charge < -0.3 is 14.5 Å². The zero-order chi connectivity index (χ0) is 16.8. The Morgan fingerprint density at radius 2 is 2.30 bits per heavy atom. The fourth-order valence-electron chi connectivity index (χ4n) is 2.69. The minimum absolute atomic E-state index is 0.0173. The normalized spacial score (nSPS) is 17.7. The summed E-state index contributed by atoms with van der Waals surface area (Å²) >= 11 is 0. The summed E-state index contributed by atoms with van der Waals surface area (Å²) in [5.41, 5.74) is 0.